The molecule has 3 aromatic rings. The summed E-state index contributed by atoms with van der Waals surface area (Å²) in [7, 11) is 0. The molecule has 128 valence electrons. The molecule has 0 spiro atoms. The third-order valence-electron chi connectivity index (χ3n) is 3.29. The van der Waals surface area contributed by atoms with Crippen LogP contribution in [0.5, 0.6) is 11.6 Å². The average Bonchev–Trinajstić information content (AvgIpc) is 2.55. The molecule has 0 aliphatic heterocycles. The lowest BCUT2D eigenvalue weighted by molar-refractivity contribution is -0.139. The second-order valence-corrected chi connectivity index (χ2v) is 5.32. The molecule has 0 aliphatic rings. The fraction of sp³-hybridized carbons (Fsp3) is 0.111. The van der Waals surface area contributed by atoms with Crippen LogP contribution in [0.4, 0.5) is 24.8 Å². The minimum atomic E-state index is -4.62. The summed E-state index contributed by atoms with van der Waals surface area (Å²) < 4.78 is 45.0. The molecular formula is C18H14F3N3O. The van der Waals surface area contributed by atoms with Crippen molar-refractivity contribution in [2.75, 3.05) is 5.32 Å². The standard InChI is InChI=1S/C18H14F3N3O/c1-12-6-5-9-14(10-12)25-16-15(18(19,20)21)11-22-17(24-16)23-13-7-3-2-4-8-13/h2-11H,1H3,(H,22,23,24). The highest BCUT2D eigenvalue weighted by Crippen LogP contribution is 2.37. The van der Waals surface area contributed by atoms with Crippen molar-refractivity contribution in [1.82, 2.24) is 9.97 Å². The molecule has 0 saturated heterocycles. The topological polar surface area (TPSA) is 47.0 Å². The third-order valence-corrected chi connectivity index (χ3v) is 3.29. The van der Waals surface area contributed by atoms with E-state index in [4.69, 9.17) is 4.74 Å². The summed E-state index contributed by atoms with van der Waals surface area (Å²) in [5.41, 5.74) is 0.485. The van der Waals surface area contributed by atoms with Crippen molar-refractivity contribution in [1.29, 1.82) is 0 Å². The number of alkyl halides is 3. The van der Waals surface area contributed by atoms with E-state index in [1.165, 1.54) is 0 Å². The van der Waals surface area contributed by atoms with E-state index in [1.54, 1.807) is 42.5 Å². The van der Waals surface area contributed by atoms with Gasteiger partial charge in [-0.3, -0.25) is 0 Å². The number of para-hydroxylation sites is 1. The molecule has 2 aromatic carbocycles. The third kappa shape index (κ3) is 4.26. The van der Waals surface area contributed by atoms with Crippen LogP contribution in [0.1, 0.15) is 11.1 Å². The molecule has 1 heterocycles. The van der Waals surface area contributed by atoms with Crippen molar-refractivity contribution in [3.63, 3.8) is 0 Å². The van der Waals surface area contributed by atoms with E-state index in [-0.39, 0.29) is 11.7 Å². The van der Waals surface area contributed by atoms with Crippen molar-refractivity contribution in [2.45, 2.75) is 13.1 Å². The van der Waals surface area contributed by atoms with E-state index in [0.29, 0.717) is 11.9 Å². The first-order chi connectivity index (χ1) is 11.9. The first-order valence-corrected chi connectivity index (χ1v) is 7.42. The lowest BCUT2D eigenvalue weighted by Crippen LogP contribution is -2.11. The Morgan fingerprint density at radius 1 is 1.00 bits per heavy atom. The Hall–Kier alpha value is -3.09. The summed E-state index contributed by atoms with van der Waals surface area (Å²) in [6, 6.07) is 15.6. The van der Waals surface area contributed by atoms with Gasteiger partial charge < -0.3 is 10.1 Å². The molecule has 0 atom stereocenters. The van der Waals surface area contributed by atoms with Crippen LogP contribution in [0.2, 0.25) is 0 Å². The normalized spacial score (nSPS) is 11.2. The molecule has 1 N–H and O–H groups in total. The predicted octanol–water partition coefficient (Wildman–Crippen LogP) is 5.34. The maximum absolute atomic E-state index is 13.2. The Morgan fingerprint density at radius 3 is 2.44 bits per heavy atom. The smallest absolute Gasteiger partial charge is 0.423 e. The summed E-state index contributed by atoms with van der Waals surface area (Å²) in [6.45, 7) is 1.82. The van der Waals surface area contributed by atoms with Gasteiger partial charge in [0.2, 0.25) is 11.8 Å². The highest BCUT2D eigenvalue weighted by Gasteiger charge is 2.36. The lowest BCUT2D eigenvalue weighted by atomic mass is 10.2. The molecule has 0 fully saturated rings. The zero-order valence-corrected chi connectivity index (χ0v) is 13.2. The second kappa shape index (κ2) is 6.80. The van der Waals surface area contributed by atoms with E-state index < -0.39 is 17.6 Å². The number of hydrogen-bond donors (Lipinski definition) is 1. The van der Waals surface area contributed by atoms with E-state index in [0.717, 1.165) is 5.56 Å². The molecule has 4 nitrogen and oxygen atoms in total. The van der Waals surface area contributed by atoms with Crippen molar-refractivity contribution >= 4 is 11.6 Å². The van der Waals surface area contributed by atoms with Gasteiger partial charge in [-0.05, 0) is 36.8 Å². The van der Waals surface area contributed by atoms with Crippen LogP contribution in [-0.4, -0.2) is 9.97 Å². The monoisotopic (exact) mass is 345 g/mol. The zero-order chi connectivity index (χ0) is 17.9. The minimum absolute atomic E-state index is 0.0156. The summed E-state index contributed by atoms with van der Waals surface area (Å²) in [6.07, 6.45) is -3.91. The van der Waals surface area contributed by atoms with Gasteiger partial charge in [-0.2, -0.15) is 18.2 Å². The Kier molecular flexibility index (Phi) is 4.56. The number of ether oxygens (including phenoxy) is 1. The number of aryl methyl sites for hydroxylation is 1. The molecule has 0 radical (unpaired) electrons. The van der Waals surface area contributed by atoms with Gasteiger partial charge in [-0.25, -0.2) is 4.98 Å². The van der Waals surface area contributed by atoms with Gasteiger partial charge in [0.25, 0.3) is 0 Å². The fourth-order valence-electron chi connectivity index (χ4n) is 2.14. The number of nitrogens with one attached hydrogen (secondary N) is 1. The summed E-state index contributed by atoms with van der Waals surface area (Å²) in [4.78, 5) is 7.63. The van der Waals surface area contributed by atoms with Gasteiger partial charge in [0.1, 0.15) is 11.3 Å². The van der Waals surface area contributed by atoms with Gasteiger partial charge in [0, 0.05) is 11.9 Å². The quantitative estimate of drug-likeness (QED) is 0.693. The summed E-state index contributed by atoms with van der Waals surface area (Å²) >= 11 is 0. The Bertz CT molecular complexity index is 867. The highest BCUT2D eigenvalue weighted by molar-refractivity contribution is 5.53. The highest BCUT2D eigenvalue weighted by atomic mass is 19.4. The Labute approximate surface area is 142 Å². The molecule has 0 bridgehead atoms. The van der Waals surface area contributed by atoms with E-state index in [1.807, 2.05) is 19.1 Å². The molecule has 1 aromatic heterocycles. The number of hydrogen-bond acceptors (Lipinski definition) is 4. The number of halogens is 3. The summed E-state index contributed by atoms with van der Waals surface area (Å²) in [5.74, 6) is -0.261. The van der Waals surface area contributed by atoms with Crippen molar-refractivity contribution in [3.05, 3.63) is 71.9 Å². The van der Waals surface area contributed by atoms with E-state index >= 15 is 0 Å². The van der Waals surface area contributed by atoms with Gasteiger partial charge in [-0.1, -0.05) is 30.3 Å². The molecular weight excluding hydrogens is 331 g/mol. The fourth-order valence-corrected chi connectivity index (χ4v) is 2.14. The average molecular weight is 345 g/mol. The number of rotatable bonds is 4. The van der Waals surface area contributed by atoms with Crippen LogP contribution in [0.3, 0.4) is 0 Å². The number of nitrogens with zero attached hydrogens (tertiary/aromatic N) is 2. The number of anilines is 2. The van der Waals surface area contributed by atoms with Crippen LogP contribution >= 0.6 is 0 Å². The van der Waals surface area contributed by atoms with Crippen molar-refractivity contribution in [2.24, 2.45) is 0 Å². The van der Waals surface area contributed by atoms with Crippen molar-refractivity contribution in [3.8, 4) is 11.6 Å². The van der Waals surface area contributed by atoms with Crippen LogP contribution in [-0.2, 0) is 6.18 Å². The summed E-state index contributed by atoms with van der Waals surface area (Å²) in [5, 5.41) is 2.85. The largest absolute Gasteiger partial charge is 0.438 e. The number of benzene rings is 2. The van der Waals surface area contributed by atoms with Crippen LogP contribution < -0.4 is 10.1 Å². The molecule has 0 aliphatic carbocycles. The Balaban J connectivity index is 1.96. The van der Waals surface area contributed by atoms with Crippen LogP contribution in [0, 0.1) is 6.92 Å². The predicted molar refractivity (Wildman–Crippen MR) is 88.0 cm³/mol. The van der Waals surface area contributed by atoms with Gasteiger partial charge in [0.15, 0.2) is 0 Å². The van der Waals surface area contributed by atoms with Crippen LogP contribution in [0.25, 0.3) is 0 Å². The molecule has 0 saturated carbocycles. The number of aromatic nitrogens is 2. The van der Waals surface area contributed by atoms with Crippen molar-refractivity contribution < 1.29 is 17.9 Å². The first kappa shape index (κ1) is 16.8. The van der Waals surface area contributed by atoms with Gasteiger partial charge in [0.05, 0.1) is 0 Å². The molecule has 0 unspecified atom stereocenters. The second-order valence-electron chi connectivity index (χ2n) is 5.32. The Morgan fingerprint density at radius 2 is 1.76 bits per heavy atom. The maximum atomic E-state index is 13.2. The van der Waals surface area contributed by atoms with E-state index in [9.17, 15) is 13.2 Å². The molecule has 25 heavy (non-hydrogen) atoms. The zero-order valence-electron chi connectivity index (χ0n) is 13.2. The molecule has 0 amide bonds. The molecule has 3 rings (SSSR count). The van der Waals surface area contributed by atoms with E-state index in [2.05, 4.69) is 15.3 Å². The van der Waals surface area contributed by atoms with Gasteiger partial charge >= 0.3 is 6.18 Å². The molecule has 7 heteroatoms. The van der Waals surface area contributed by atoms with Gasteiger partial charge in [-0.15, -0.1) is 0 Å². The SMILES string of the molecule is Cc1cccc(Oc2nc(Nc3ccccc3)ncc2C(F)(F)F)c1. The first-order valence-electron chi connectivity index (χ1n) is 7.42. The van der Waals surface area contributed by atoms with Crippen LogP contribution in [0.15, 0.2) is 60.8 Å². The lowest BCUT2D eigenvalue weighted by Gasteiger charge is -2.14. The maximum Gasteiger partial charge on any atom is 0.423 e. The minimum Gasteiger partial charge on any atom is -0.438 e.